The number of aromatic nitrogens is 4. The Morgan fingerprint density at radius 1 is 1.27 bits per heavy atom. The van der Waals surface area contributed by atoms with Gasteiger partial charge in [0.2, 0.25) is 0 Å². The molecule has 1 saturated carbocycles. The van der Waals surface area contributed by atoms with Crippen molar-refractivity contribution in [2.45, 2.75) is 32.1 Å². The summed E-state index contributed by atoms with van der Waals surface area (Å²) in [6, 6.07) is 7.75. The molecule has 0 amide bonds. The lowest BCUT2D eigenvalue weighted by Crippen LogP contribution is -2.01. The molecule has 26 heavy (non-hydrogen) atoms. The van der Waals surface area contributed by atoms with Crippen LogP contribution in [0.15, 0.2) is 28.8 Å². The Labute approximate surface area is 150 Å². The van der Waals surface area contributed by atoms with Crippen LogP contribution >= 0.6 is 0 Å². The van der Waals surface area contributed by atoms with E-state index in [0.29, 0.717) is 23.8 Å². The molecule has 0 spiro atoms. The van der Waals surface area contributed by atoms with Crippen molar-refractivity contribution < 1.29 is 4.42 Å². The van der Waals surface area contributed by atoms with E-state index in [2.05, 4.69) is 20.6 Å². The zero-order valence-corrected chi connectivity index (χ0v) is 14.7. The number of rotatable bonds is 3. The summed E-state index contributed by atoms with van der Waals surface area (Å²) in [5.74, 6) is 3.17. The van der Waals surface area contributed by atoms with E-state index in [1.807, 2.05) is 26.1 Å². The summed E-state index contributed by atoms with van der Waals surface area (Å²) in [4.78, 5) is 13.9. The minimum atomic E-state index is 0.515. The highest BCUT2D eigenvalue weighted by molar-refractivity contribution is 6.02. The van der Waals surface area contributed by atoms with E-state index in [0.717, 1.165) is 39.2 Å². The molecule has 5 rings (SSSR count). The molecule has 6 nitrogen and oxygen atoms in total. The fourth-order valence-electron chi connectivity index (χ4n) is 3.60. The fourth-order valence-corrected chi connectivity index (χ4v) is 3.60. The number of oxazole rings is 1. The first-order valence-electron chi connectivity index (χ1n) is 8.74. The number of fused-ring (bicyclic) bond motifs is 3. The summed E-state index contributed by atoms with van der Waals surface area (Å²) in [6.07, 6.45) is 4.78. The Balaban J connectivity index is 1.66. The van der Waals surface area contributed by atoms with E-state index in [1.165, 1.54) is 12.8 Å². The number of imidazole rings is 1. The highest BCUT2D eigenvalue weighted by Crippen LogP contribution is 2.42. The molecule has 0 saturated heterocycles. The van der Waals surface area contributed by atoms with Gasteiger partial charge in [-0.05, 0) is 31.0 Å². The van der Waals surface area contributed by atoms with E-state index in [9.17, 15) is 5.26 Å². The minimum absolute atomic E-state index is 0.515. The van der Waals surface area contributed by atoms with Crippen molar-refractivity contribution in [1.29, 1.82) is 5.26 Å². The molecule has 0 atom stereocenters. The summed E-state index contributed by atoms with van der Waals surface area (Å²) >= 11 is 0. The Kier molecular flexibility index (Phi) is 3.13. The van der Waals surface area contributed by atoms with Crippen molar-refractivity contribution >= 4 is 21.9 Å². The van der Waals surface area contributed by atoms with Crippen LogP contribution in [0.4, 0.5) is 0 Å². The number of nitrogens with zero attached hydrogens (tertiary/aromatic N) is 5. The third-order valence-corrected chi connectivity index (χ3v) is 5.03. The van der Waals surface area contributed by atoms with Gasteiger partial charge in [0.1, 0.15) is 17.1 Å². The van der Waals surface area contributed by atoms with Gasteiger partial charge in [0.25, 0.3) is 0 Å². The Bertz CT molecular complexity index is 1210. The largest absolute Gasteiger partial charge is 0.445 e. The van der Waals surface area contributed by atoms with Gasteiger partial charge in [-0.25, -0.2) is 9.97 Å². The number of hydrogen-bond acceptors (Lipinski definition) is 5. The lowest BCUT2D eigenvalue weighted by molar-refractivity contribution is 0.474. The second kappa shape index (κ2) is 5.40. The predicted molar refractivity (Wildman–Crippen MR) is 96.8 cm³/mol. The minimum Gasteiger partial charge on any atom is -0.445 e. The molecule has 0 aliphatic heterocycles. The van der Waals surface area contributed by atoms with Crippen LogP contribution in [0.3, 0.4) is 0 Å². The van der Waals surface area contributed by atoms with Gasteiger partial charge in [-0.15, -0.1) is 0 Å². The predicted octanol–water partition coefficient (Wildman–Crippen LogP) is 3.76. The molecular weight excluding hydrogens is 326 g/mol. The molecular formula is C20H17N5O. The summed E-state index contributed by atoms with van der Waals surface area (Å²) in [5.41, 5.74) is 4.30. The Hall–Kier alpha value is -3.20. The average molecular weight is 343 g/mol. The maximum Gasteiger partial charge on any atom is 0.191 e. The Morgan fingerprint density at radius 3 is 2.88 bits per heavy atom. The van der Waals surface area contributed by atoms with Crippen molar-refractivity contribution in [3.8, 4) is 6.07 Å². The van der Waals surface area contributed by atoms with Crippen LogP contribution in [-0.4, -0.2) is 19.5 Å². The van der Waals surface area contributed by atoms with Crippen LogP contribution < -0.4 is 0 Å². The van der Waals surface area contributed by atoms with Crippen LogP contribution in [-0.2, 0) is 13.5 Å². The smallest absolute Gasteiger partial charge is 0.191 e. The van der Waals surface area contributed by atoms with Gasteiger partial charge in [-0.3, -0.25) is 4.98 Å². The molecule has 0 radical (unpaired) electrons. The molecule has 1 aromatic carbocycles. The first-order valence-corrected chi connectivity index (χ1v) is 8.74. The van der Waals surface area contributed by atoms with Crippen LogP contribution in [0.1, 0.15) is 47.5 Å². The molecule has 0 unspecified atom stereocenters. The summed E-state index contributed by atoms with van der Waals surface area (Å²) in [5, 5.41) is 10.2. The lowest BCUT2D eigenvalue weighted by Gasteiger charge is -2.04. The van der Waals surface area contributed by atoms with Crippen molar-refractivity contribution in [3.63, 3.8) is 0 Å². The van der Waals surface area contributed by atoms with E-state index in [-0.39, 0.29) is 0 Å². The van der Waals surface area contributed by atoms with Crippen molar-refractivity contribution in [2.24, 2.45) is 7.05 Å². The second-order valence-corrected chi connectivity index (χ2v) is 6.92. The number of benzene rings is 1. The maximum atomic E-state index is 9.22. The van der Waals surface area contributed by atoms with Crippen molar-refractivity contribution in [2.75, 3.05) is 0 Å². The zero-order chi connectivity index (χ0) is 17.8. The first-order chi connectivity index (χ1) is 12.6. The molecule has 3 aromatic heterocycles. The number of aryl methyl sites for hydroxylation is 2. The fraction of sp³-hybridized carbons (Fsp3) is 0.300. The Morgan fingerprint density at radius 2 is 2.12 bits per heavy atom. The van der Waals surface area contributed by atoms with E-state index < -0.39 is 0 Å². The van der Waals surface area contributed by atoms with E-state index in [1.54, 1.807) is 12.3 Å². The topological polar surface area (TPSA) is 80.5 Å². The molecule has 1 aliphatic rings. The third kappa shape index (κ3) is 2.28. The molecule has 3 heterocycles. The molecule has 0 bridgehead atoms. The normalized spacial score (nSPS) is 14.2. The quantitative estimate of drug-likeness (QED) is 0.566. The van der Waals surface area contributed by atoms with E-state index >= 15 is 0 Å². The highest BCUT2D eigenvalue weighted by Gasteiger charge is 2.31. The monoisotopic (exact) mass is 343 g/mol. The highest BCUT2D eigenvalue weighted by atomic mass is 16.4. The van der Waals surface area contributed by atoms with Crippen molar-refractivity contribution in [3.05, 3.63) is 53.1 Å². The average Bonchev–Trinajstić information content (AvgIpc) is 3.35. The van der Waals surface area contributed by atoms with Gasteiger partial charge in [0.15, 0.2) is 5.89 Å². The lowest BCUT2D eigenvalue weighted by atomic mass is 10.1. The number of pyridine rings is 1. The van der Waals surface area contributed by atoms with Gasteiger partial charge < -0.3 is 8.98 Å². The van der Waals surface area contributed by atoms with Crippen LogP contribution in [0, 0.1) is 18.3 Å². The first kappa shape index (κ1) is 15.1. The van der Waals surface area contributed by atoms with Crippen molar-refractivity contribution in [1.82, 2.24) is 19.5 Å². The maximum absolute atomic E-state index is 9.22. The molecule has 4 aromatic rings. The van der Waals surface area contributed by atoms with Gasteiger partial charge in [-0.1, -0.05) is 0 Å². The van der Waals surface area contributed by atoms with Gasteiger partial charge in [0.05, 0.1) is 41.0 Å². The second-order valence-electron chi connectivity index (χ2n) is 6.92. The van der Waals surface area contributed by atoms with Gasteiger partial charge in [0, 0.05) is 25.3 Å². The summed E-state index contributed by atoms with van der Waals surface area (Å²) in [6.45, 7) is 1.89. The zero-order valence-electron chi connectivity index (χ0n) is 14.7. The third-order valence-electron chi connectivity index (χ3n) is 5.03. The van der Waals surface area contributed by atoms with Crippen LogP contribution in [0.25, 0.3) is 21.9 Å². The number of nitriles is 1. The standard InChI is InChI=1S/C20H17N5O/c1-11-23-16(20(26-11)13-4-5-13)8-18-24-17-10-22-15-6-3-12(9-21)7-14(15)19(17)25(18)2/h3,6-7,10,13H,4-5,8H2,1-2H3. The van der Waals surface area contributed by atoms with Crippen LogP contribution in [0.5, 0.6) is 0 Å². The van der Waals surface area contributed by atoms with Gasteiger partial charge in [-0.2, -0.15) is 5.26 Å². The molecule has 0 N–H and O–H groups in total. The molecule has 1 aliphatic carbocycles. The number of hydrogen-bond donors (Lipinski definition) is 0. The summed E-state index contributed by atoms with van der Waals surface area (Å²) in [7, 11) is 2.01. The van der Waals surface area contributed by atoms with Gasteiger partial charge >= 0.3 is 0 Å². The molecule has 1 fully saturated rings. The SMILES string of the molecule is Cc1nc(Cc2nc3cnc4ccc(C#N)cc4c3n2C)c(C2CC2)o1. The summed E-state index contributed by atoms with van der Waals surface area (Å²) < 4.78 is 7.91. The van der Waals surface area contributed by atoms with Crippen LogP contribution in [0.2, 0.25) is 0 Å². The molecule has 6 heteroatoms. The molecule has 128 valence electrons. The van der Waals surface area contributed by atoms with E-state index in [4.69, 9.17) is 9.40 Å².